The lowest BCUT2D eigenvalue weighted by molar-refractivity contribution is 0.460. The fraction of sp³-hybridized carbons (Fsp3) is 0.800. The van der Waals surface area contributed by atoms with Crippen molar-refractivity contribution in [1.29, 1.82) is 0 Å². The van der Waals surface area contributed by atoms with Crippen molar-refractivity contribution in [3.05, 3.63) is 12.2 Å². The highest BCUT2D eigenvalue weighted by atomic mass is 14.1. The van der Waals surface area contributed by atoms with Crippen molar-refractivity contribution in [1.82, 2.24) is 0 Å². The van der Waals surface area contributed by atoms with E-state index in [1.807, 2.05) is 0 Å². The smallest absolute Gasteiger partial charge is 0.0348 e. The minimum absolute atomic E-state index is 0.955. The molecular weight excluding hydrogens is 120 g/mol. The summed E-state index contributed by atoms with van der Waals surface area (Å²) in [6, 6.07) is 0. The lowest BCUT2D eigenvalue weighted by atomic mass is 9.98. The van der Waals surface area contributed by atoms with E-state index in [0.29, 0.717) is 0 Å². The van der Waals surface area contributed by atoms with Gasteiger partial charge in [-0.15, -0.1) is 0 Å². The third-order valence-electron chi connectivity index (χ3n) is 2.13. The van der Waals surface area contributed by atoms with Crippen LogP contribution in [0.15, 0.2) is 12.2 Å². The van der Waals surface area contributed by atoms with Crippen LogP contribution in [-0.4, -0.2) is 0 Å². The molecule has 0 unspecified atom stereocenters. The van der Waals surface area contributed by atoms with Crippen LogP contribution in [0.5, 0.6) is 0 Å². The normalized spacial score (nSPS) is 11.6. The molecule has 0 bridgehead atoms. The molecule has 0 spiro atoms. The minimum Gasteiger partial charge on any atom is -0.0917 e. The molecule has 0 radical (unpaired) electrons. The average molecular weight is 140 g/mol. The van der Waals surface area contributed by atoms with Gasteiger partial charge in [0, 0.05) is 0 Å². The number of hydrogen-bond donors (Lipinski definition) is 0. The topological polar surface area (TPSA) is 0 Å². The van der Waals surface area contributed by atoms with E-state index in [-0.39, 0.29) is 0 Å². The summed E-state index contributed by atoms with van der Waals surface area (Å²) in [4.78, 5) is 0. The zero-order valence-corrected chi connectivity index (χ0v) is 7.56. The lowest BCUT2D eigenvalue weighted by Crippen LogP contribution is -1.94. The summed E-state index contributed by atoms with van der Waals surface area (Å²) in [5.74, 6) is 0.955. The van der Waals surface area contributed by atoms with E-state index in [1.165, 1.54) is 25.7 Å². The Bertz CT molecular complexity index is 78.0. The molecule has 10 heavy (non-hydrogen) atoms. The zero-order valence-electron chi connectivity index (χ0n) is 7.56. The third-order valence-corrected chi connectivity index (χ3v) is 2.13. The maximum absolute atomic E-state index is 2.28. The SMILES string of the molecule is CC=CCCC(CC)CC. The Morgan fingerprint density at radius 3 is 2.20 bits per heavy atom. The van der Waals surface area contributed by atoms with Crippen LogP contribution in [0, 0.1) is 5.92 Å². The third kappa shape index (κ3) is 4.60. The summed E-state index contributed by atoms with van der Waals surface area (Å²) in [5, 5.41) is 0. The Morgan fingerprint density at radius 1 is 1.20 bits per heavy atom. The van der Waals surface area contributed by atoms with Crippen LogP contribution in [0.1, 0.15) is 46.5 Å². The van der Waals surface area contributed by atoms with Gasteiger partial charge < -0.3 is 0 Å². The van der Waals surface area contributed by atoms with Gasteiger partial charge in [-0.25, -0.2) is 0 Å². The van der Waals surface area contributed by atoms with Crippen LogP contribution in [0.25, 0.3) is 0 Å². The van der Waals surface area contributed by atoms with Crippen LogP contribution >= 0.6 is 0 Å². The fourth-order valence-electron chi connectivity index (χ4n) is 1.20. The Balaban J connectivity index is 3.25. The van der Waals surface area contributed by atoms with Crippen LogP contribution in [-0.2, 0) is 0 Å². The molecule has 0 aromatic heterocycles. The molecule has 0 saturated carbocycles. The van der Waals surface area contributed by atoms with Gasteiger partial charge in [0.15, 0.2) is 0 Å². The molecule has 0 saturated heterocycles. The van der Waals surface area contributed by atoms with Gasteiger partial charge in [0.2, 0.25) is 0 Å². The first-order valence-corrected chi connectivity index (χ1v) is 4.46. The summed E-state index contributed by atoms with van der Waals surface area (Å²) in [6.45, 7) is 6.65. The second-order valence-electron chi connectivity index (χ2n) is 2.83. The van der Waals surface area contributed by atoms with Crippen molar-refractivity contribution in [3.8, 4) is 0 Å². The van der Waals surface area contributed by atoms with E-state index in [2.05, 4.69) is 32.9 Å². The first-order chi connectivity index (χ1) is 4.85. The van der Waals surface area contributed by atoms with Gasteiger partial charge in [-0.3, -0.25) is 0 Å². The zero-order chi connectivity index (χ0) is 7.82. The number of allylic oxidation sites excluding steroid dienone is 2. The van der Waals surface area contributed by atoms with E-state index < -0.39 is 0 Å². The van der Waals surface area contributed by atoms with E-state index in [1.54, 1.807) is 0 Å². The van der Waals surface area contributed by atoms with Gasteiger partial charge >= 0.3 is 0 Å². The molecule has 0 fully saturated rings. The van der Waals surface area contributed by atoms with Crippen LogP contribution in [0.4, 0.5) is 0 Å². The molecule has 0 heteroatoms. The maximum atomic E-state index is 2.28. The number of hydrogen-bond acceptors (Lipinski definition) is 0. The second kappa shape index (κ2) is 6.85. The summed E-state index contributed by atoms with van der Waals surface area (Å²) < 4.78 is 0. The van der Waals surface area contributed by atoms with Gasteiger partial charge in [0.1, 0.15) is 0 Å². The second-order valence-corrected chi connectivity index (χ2v) is 2.83. The summed E-state index contributed by atoms with van der Waals surface area (Å²) in [5.41, 5.74) is 0. The largest absolute Gasteiger partial charge is 0.0917 e. The summed E-state index contributed by atoms with van der Waals surface area (Å²) >= 11 is 0. The summed E-state index contributed by atoms with van der Waals surface area (Å²) in [6.07, 6.45) is 9.73. The van der Waals surface area contributed by atoms with E-state index in [4.69, 9.17) is 0 Å². The number of rotatable bonds is 5. The average Bonchev–Trinajstić information content (AvgIpc) is 1.99. The molecule has 0 aliphatic rings. The fourth-order valence-corrected chi connectivity index (χ4v) is 1.20. The molecule has 0 rings (SSSR count). The quantitative estimate of drug-likeness (QED) is 0.510. The lowest BCUT2D eigenvalue weighted by Gasteiger charge is -2.08. The predicted molar refractivity (Wildman–Crippen MR) is 48.1 cm³/mol. The Morgan fingerprint density at radius 2 is 1.80 bits per heavy atom. The van der Waals surface area contributed by atoms with E-state index in [9.17, 15) is 0 Å². The van der Waals surface area contributed by atoms with Crippen LogP contribution < -0.4 is 0 Å². The van der Waals surface area contributed by atoms with Gasteiger partial charge in [-0.1, -0.05) is 38.8 Å². The molecule has 0 aromatic rings. The highest BCUT2D eigenvalue weighted by molar-refractivity contribution is 4.77. The maximum Gasteiger partial charge on any atom is -0.0348 e. The first-order valence-electron chi connectivity index (χ1n) is 4.46. The van der Waals surface area contributed by atoms with E-state index >= 15 is 0 Å². The molecule has 0 aromatic carbocycles. The molecular formula is C10H20. The molecule has 0 heterocycles. The monoisotopic (exact) mass is 140 g/mol. The summed E-state index contributed by atoms with van der Waals surface area (Å²) in [7, 11) is 0. The molecule has 0 atom stereocenters. The minimum atomic E-state index is 0.955. The Hall–Kier alpha value is -0.260. The van der Waals surface area contributed by atoms with Crippen molar-refractivity contribution < 1.29 is 0 Å². The van der Waals surface area contributed by atoms with Gasteiger partial charge in [-0.05, 0) is 25.7 Å². The highest BCUT2D eigenvalue weighted by Crippen LogP contribution is 2.14. The van der Waals surface area contributed by atoms with Crippen molar-refractivity contribution >= 4 is 0 Å². The molecule has 0 N–H and O–H groups in total. The van der Waals surface area contributed by atoms with Crippen molar-refractivity contribution in [2.45, 2.75) is 46.5 Å². The van der Waals surface area contributed by atoms with Crippen molar-refractivity contribution in [3.63, 3.8) is 0 Å². The van der Waals surface area contributed by atoms with Crippen molar-refractivity contribution in [2.75, 3.05) is 0 Å². The Labute approximate surface area is 65.3 Å². The standard InChI is InChI=1S/C10H20/c1-4-7-8-9-10(5-2)6-3/h4,7,10H,5-6,8-9H2,1-3H3. The van der Waals surface area contributed by atoms with Crippen molar-refractivity contribution in [2.24, 2.45) is 5.92 Å². The molecule has 0 aliphatic carbocycles. The molecule has 0 aliphatic heterocycles. The molecule has 60 valence electrons. The van der Waals surface area contributed by atoms with Gasteiger partial charge in [0.05, 0.1) is 0 Å². The Kier molecular flexibility index (Phi) is 6.68. The van der Waals surface area contributed by atoms with E-state index in [0.717, 1.165) is 5.92 Å². The highest BCUT2D eigenvalue weighted by Gasteiger charge is 1.99. The first kappa shape index (κ1) is 9.74. The van der Waals surface area contributed by atoms with Gasteiger partial charge in [0.25, 0.3) is 0 Å². The predicted octanol–water partition coefficient (Wildman–Crippen LogP) is 3.78. The molecule has 0 nitrogen and oxygen atoms in total. The molecule has 0 amide bonds. The van der Waals surface area contributed by atoms with Crippen LogP contribution in [0.2, 0.25) is 0 Å². The van der Waals surface area contributed by atoms with Crippen LogP contribution in [0.3, 0.4) is 0 Å². The van der Waals surface area contributed by atoms with Gasteiger partial charge in [-0.2, -0.15) is 0 Å².